The highest BCUT2D eigenvalue weighted by Gasteiger charge is 2.45. The van der Waals surface area contributed by atoms with Gasteiger partial charge < -0.3 is 15.0 Å². The Morgan fingerprint density at radius 1 is 0.906 bits per heavy atom. The number of imidazole rings is 1. The van der Waals surface area contributed by atoms with Crippen LogP contribution >= 0.6 is 0 Å². The lowest BCUT2D eigenvalue weighted by Gasteiger charge is -2.55. The molecule has 0 radical (unpaired) electrons. The van der Waals surface area contributed by atoms with Gasteiger partial charge in [0.1, 0.15) is 6.54 Å². The lowest BCUT2D eigenvalue weighted by molar-refractivity contribution is -0.134. The molecule has 2 aromatic rings. The molecule has 4 bridgehead atoms. The molecule has 2 saturated carbocycles. The molecule has 2 unspecified atom stereocenters. The molecule has 6 heteroatoms. The van der Waals surface area contributed by atoms with Gasteiger partial charge in [-0.25, -0.2) is 4.98 Å². The highest BCUT2D eigenvalue weighted by atomic mass is 16.4. The van der Waals surface area contributed by atoms with Gasteiger partial charge in [-0.05, 0) is 68.9 Å². The van der Waals surface area contributed by atoms with Gasteiger partial charge in [0.15, 0.2) is 0 Å². The maximum absolute atomic E-state index is 11.2. The number of aromatic nitrogens is 2. The molecule has 2 aliphatic heterocycles. The Morgan fingerprint density at radius 2 is 1.59 bits per heavy atom. The quantitative estimate of drug-likeness (QED) is 0.686. The molecular weight excluding hydrogens is 400 g/mol. The van der Waals surface area contributed by atoms with Crippen molar-refractivity contribution in [3.05, 3.63) is 24.3 Å². The molecular formula is C26H36N4O2. The number of rotatable bonds is 5. The summed E-state index contributed by atoms with van der Waals surface area (Å²) in [5.41, 5.74) is 2.08. The topological polar surface area (TPSA) is 70.4 Å². The third-order valence-electron chi connectivity index (χ3n) is 8.89. The van der Waals surface area contributed by atoms with Crippen LogP contribution in [0.5, 0.6) is 0 Å². The van der Waals surface area contributed by atoms with Crippen molar-refractivity contribution in [3.8, 4) is 0 Å². The predicted octanol–water partition coefficient (Wildman–Crippen LogP) is 5.06. The Labute approximate surface area is 190 Å². The second-order valence-electron chi connectivity index (χ2n) is 10.9. The maximum Gasteiger partial charge on any atom is 0.322 e. The number of nitrogens with zero attached hydrogens (tertiary/aromatic N) is 3. The van der Waals surface area contributed by atoms with E-state index < -0.39 is 5.97 Å². The second-order valence-corrected chi connectivity index (χ2v) is 10.9. The van der Waals surface area contributed by atoms with Crippen molar-refractivity contribution in [1.29, 1.82) is 0 Å². The molecule has 172 valence electrons. The van der Waals surface area contributed by atoms with Crippen molar-refractivity contribution < 1.29 is 9.90 Å². The first kappa shape index (κ1) is 20.5. The Kier molecular flexibility index (Phi) is 5.36. The van der Waals surface area contributed by atoms with E-state index in [4.69, 9.17) is 4.98 Å². The van der Waals surface area contributed by atoms with Crippen LogP contribution in [-0.4, -0.2) is 50.2 Å². The van der Waals surface area contributed by atoms with Gasteiger partial charge in [-0.3, -0.25) is 9.69 Å². The van der Waals surface area contributed by atoms with Gasteiger partial charge in [0.2, 0.25) is 5.95 Å². The number of aliphatic carboxylic acids is 1. The van der Waals surface area contributed by atoms with Crippen LogP contribution in [0.2, 0.25) is 0 Å². The number of hydrogen-bond acceptors (Lipinski definition) is 4. The summed E-state index contributed by atoms with van der Waals surface area (Å²) in [6.07, 6.45) is 15.0. The summed E-state index contributed by atoms with van der Waals surface area (Å²) in [4.78, 5) is 19.0. The van der Waals surface area contributed by atoms with E-state index in [1.165, 1.54) is 57.8 Å². The van der Waals surface area contributed by atoms with E-state index in [1.54, 1.807) is 0 Å². The molecule has 3 heterocycles. The molecule has 32 heavy (non-hydrogen) atoms. The van der Waals surface area contributed by atoms with Crippen molar-refractivity contribution in [2.24, 2.45) is 11.8 Å². The van der Waals surface area contributed by atoms with Crippen LogP contribution in [0.4, 0.5) is 5.95 Å². The molecule has 0 spiro atoms. The molecule has 1 aromatic heterocycles. The van der Waals surface area contributed by atoms with Crippen LogP contribution in [0.25, 0.3) is 11.0 Å². The van der Waals surface area contributed by atoms with E-state index in [-0.39, 0.29) is 6.54 Å². The Morgan fingerprint density at radius 3 is 2.31 bits per heavy atom. The summed E-state index contributed by atoms with van der Waals surface area (Å²) in [7, 11) is 0. The van der Waals surface area contributed by atoms with E-state index in [0.29, 0.717) is 18.1 Å². The minimum atomic E-state index is -0.849. The molecule has 6 nitrogen and oxygen atoms in total. The molecule has 0 amide bonds. The highest BCUT2D eigenvalue weighted by Crippen LogP contribution is 2.48. The zero-order valence-corrected chi connectivity index (χ0v) is 19.0. The molecule has 2 N–H and O–H groups in total. The van der Waals surface area contributed by atoms with Crippen molar-refractivity contribution in [1.82, 2.24) is 14.5 Å². The average Bonchev–Trinajstić information content (AvgIpc) is 3.15. The fourth-order valence-corrected chi connectivity index (χ4v) is 7.83. The molecule has 6 atom stereocenters. The number of hydrogen-bond donors (Lipinski definition) is 2. The smallest absolute Gasteiger partial charge is 0.322 e. The van der Waals surface area contributed by atoms with Gasteiger partial charge in [0, 0.05) is 24.2 Å². The van der Waals surface area contributed by atoms with E-state index in [9.17, 15) is 9.90 Å². The zero-order valence-electron chi connectivity index (χ0n) is 19.0. The predicted molar refractivity (Wildman–Crippen MR) is 126 cm³/mol. The molecule has 2 saturated heterocycles. The first-order valence-electron chi connectivity index (χ1n) is 12.9. The standard InChI is InChI=1S/C26H36N4O2/c31-25(32)16-27-26-28-23-9-1-2-10-24(23)30(26)22-14-19-7-4-8-20(15-22)29(19)21-12-17-5-3-6-18(11-17)13-21/h1-2,9-10,17-22H,3-8,11-16H2,(H,27,28)(H,31,32)/t17-,18+,19-,20+,21?,22?. The van der Waals surface area contributed by atoms with Crippen LogP contribution in [-0.2, 0) is 4.79 Å². The Balaban J connectivity index is 1.28. The minimum absolute atomic E-state index is 0.0973. The van der Waals surface area contributed by atoms with Crippen molar-refractivity contribution in [3.63, 3.8) is 0 Å². The lowest BCUT2D eigenvalue weighted by atomic mass is 9.68. The van der Waals surface area contributed by atoms with E-state index >= 15 is 0 Å². The molecule has 4 fully saturated rings. The van der Waals surface area contributed by atoms with E-state index in [2.05, 4.69) is 26.9 Å². The summed E-state index contributed by atoms with van der Waals surface area (Å²) in [5, 5.41) is 12.3. The molecule has 1 aromatic carbocycles. The summed E-state index contributed by atoms with van der Waals surface area (Å²) >= 11 is 0. The van der Waals surface area contributed by atoms with Gasteiger partial charge in [0.25, 0.3) is 0 Å². The van der Waals surface area contributed by atoms with Gasteiger partial charge >= 0.3 is 5.97 Å². The van der Waals surface area contributed by atoms with Gasteiger partial charge in [-0.1, -0.05) is 37.8 Å². The Hall–Kier alpha value is -2.08. The van der Waals surface area contributed by atoms with Crippen molar-refractivity contribution in [2.45, 2.75) is 94.8 Å². The van der Waals surface area contributed by atoms with Gasteiger partial charge in [-0.15, -0.1) is 0 Å². The summed E-state index contributed by atoms with van der Waals surface area (Å²) in [6.45, 7) is -0.0973. The number of carbonyl (C=O) groups is 1. The number of carboxylic acids is 1. The van der Waals surface area contributed by atoms with Crippen LogP contribution in [0.3, 0.4) is 0 Å². The molecule has 4 aliphatic rings. The monoisotopic (exact) mass is 436 g/mol. The normalized spacial score (nSPS) is 35.0. The van der Waals surface area contributed by atoms with Crippen molar-refractivity contribution in [2.75, 3.05) is 11.9 Å². The van der Waals surface area contributed by atoms with Crippen molar-refractivity contribution >= 4 is 23.0 Å². The van der Waals surface area contributed by atoms with E-state index in [1.807, 2.05) is 12.1 Å². The summed E-state index contributed by atoms with van der Waals surface area (Å²) in [5.74, 6) is 1.81. The van der Waals surface area contributed by atoms with Gasteiger partial charge in [0.05, 0.1) is 11.0 Å². The fourth-order valence-electron chi connectivity index (χ4n) is 7.83. The third-order valence-corrected chi connectivity index (χ3v) is 8.89. The first-order valence-corrected chi connectivity index (χ1v) is 12.9. The number of nitrogens with one attached hydrogen (secondary N) is 1. The van der Waals surface area contributed by atoms with Crippen LogP contribution < -0.4 is 5.32 Å². The van der Waals surface area contributed by atoms with Crippen LogP contribution in [0, 0.1) is 11.8 Å². The number of piperidine rings is 2. The second kappa shape index (κ2) is 8.36. The first-order chi connectivity index (χ1) is 15.7. The lowest BCUT2D eigenvalue weighted by Crippen LogP contribution is -2.58. The SMILES string of the molecule is O=C(O)CNc1nc2ccccc2n1C1C[C@H]2CCC[C@@H](C1)N2C1C[C@H]2CCC[C@@H](C1)C2. The van der Waals surface area contributed by atoms with Crippen LogP contribution in [0.15, 0.2) is 24.3 Å². The number of fused-ring (bicyclic) bond motifs is 5. The highest BCUT2D eigenvalue weighted by molar-refractivity contribution is 5.80. The largest absolute Gasteiger partial charge is 0.480 e. The average molecular weight is 437 g/mol. The number of para-hydroxylation sites is 2. The number of anilines is 1. The number of carboxylic acid groups (broad SMARTS) is 1. The molecule has 6 rings (SSSR count). The fraction of sp³-hybridized carbons (Fsp3) is 0.692. The Bertz CT molecular complexity index is 961. The van der Waals surface area contributed by atoms with Gasteiger partial charge in [-0.2, -0.15) is 0 Å². The van der Waals surface area contributed by atoms with Crippen LogP contribution in [0.1, 0.15) is 76.7 Å². The summed E-state index contributed by atoms with van der Waals surface area (Å²) in [6, 6.07) is 10.7. The van der Waals surface area contributed by atoms with E-state index in [0.717, 1.165) is 47.7 Å². The summed E-state index contributed by atoms with van der Waals surface area (Å²) < 4.78 is 2.33. The minimum Gasteiger partial charge on any atom is -0.480 e. The third kappa shape index (κ3) is 3.70. The number of benzene rings is 1. The zero-order chi connectivity index (χ0) is 21.7. The maximum atomic E-state index is 11.2. The molecule has 2 aliphatic carbocycles.